The molecule has 7 heteroatoms. The van der Waals surface area contributed by atoms with Crippen LogP contribution in [-0.2, 0) is 19.7 Å². The molecule has 0 amide bonds. The van der Waals surface area contributed by atoms with Gasteiger partial charge in [-0.1, -0.05) is 13.0 Å². The summed E-state index contributed by atoms with van der Waals surface area (Å²) in [5.74, 6) is 0.980. The molecule has 1 aromatic carbocycles. The Morgan fingerprint density at radius 1 is 0.960 bits per heavy atom. The minimum absolute atomic E-state index is 0.0876. The van der Waals surface area contributed by atoms with Crippen molar-refractivity contribution in [1.29, 1.82) is 5.26 Å². The molecule has 0 radical (unpaired) electrons. The van der Waals surface area contributed by atoms with Crippen LogP contribution in [0.25, 0.3) is 0 Å². The first-order chi connectivity index (χ1) is 12.1. The van der Waals surface area contributed by atoms with Crippen molar-refractivity contribution >= 4 is 8.80 Å². The van der Waals surface area contributed by atoms with Crippen molar-refractivity contribution in [3.8, 4) is 17.8 Å². The van der Waals surface area contributed by atoms with Crippen LogP contribution >= 0.6 is 0 Å². The van der Waals surface area contributed by atoms with E-state index < -0.39 is 8.80 Å². The molecule has 1 atom stereocenters. The second-order valence-electron chi connectivity index (χ2n) is 5.42. The number of hydrogen-bond donors (Lipinski definition) is 0. The standard InChI is InChI=1S/C18H29NO5Si/c1-6-20-18-13-16(10-11-17(18)21-14-19)12-15(5)25(22-7-2,23-8-3)24-9-4/h10-11,13,15H,6-9,12H2,1-5H3. The third-order valence-electron chi connectivity index (χ3n) is 3.65. The number of benzene rings is 1. The Morgan fingerprint density at radius 2 is 1.56 bits per heavy atom. The summed E-state index contributed by atoms with van der Waals surface area (Å²) in [5.41, 5.74) is 1.14. The van der Waals surface area contributed by atoms with Crippen LogP contribution in [0.15, 0.2) is 18.2 Å². The normalized spacial score (nSPS) is 12.5. The molecule has 0 saturated heterocycles. The molecule has 0 saturated carbocycles. The fourth-order valence-corrected chi connectivity index (χ4v) is 5.51. The monoisotopic (exact) mass is 367 g/mol. The van der Waals surface area contributed by atoms with Gasteiger partial charge in [0, 0.05) is 25.4 Å². The first kappa shape index (κ1) is 21.4. The van der Waals surface area contributed by atoms with E-state index in [2.05, 4.69) is 6.92 Å². The maximum Gasteiger partial charge on any atom is 0.504 e. The zero-order valence-electron chi connectivity index (χ0n) is 15.8. The Kier molecular flexibility index (Phi) is 9.53. The quantitative estimate of drug-likeness (QED) is 0.412. The molecule has 0 aliphatic rings. The highest BCUT2D eigenvalue weighted by Gasteiger charge is 2.46. The molecule has 140 valence electrons. The van der Waals surface area contributed by atoms with E-state index in [4.69, 9.17) is 28.0 Å². The third kappa shape index (κ3) is 6.01. The minimum Gasteiger partial charge on any atom is -0.490 e. The van der Waals surface area contributed by atoms with E-state index in [0.717, 1.165) is 12.0 Å². The molecular weight excluding hydrogens is 338 g/mol. The maximum atomic E-state index is 8.74. The SMILES string of the molecule is CCOc1cc(CC(C)[Si](OCC)(OCC)OCC)ccc1OC#N. The topological polar surface area (TPSA) is 69.9 Å². The molecule has 0 aromatic heterocycles. The minimum atomic E-state index is -2.77. The van der Waals surface area contributed by atoms with Gasteiger partial charge in [-0.3, -0.25) is 0 Å². The molecule has 0 aliphatic carbocycles. The lowest BCUT2D eigenvalue weighted by molar-refractivity contribution is 0.0624. The van der Waals surface area contributed by atoms with Gasteiger partial charge in [-0.2, -0.15) is 0 Å². The molecule has 0 N–H and O–H groups in total. The van der Waals surface area contributed by atoms with Crippen LogP contribution in [-0.4, -0.2) is 35.2 Å². The van der Waals surface area contributed by atoms with Crippen LogP contribution in [0, 0.1) is 11.5 Å². The van der Waals surface area contributed by atoms with Crippen LogP contribution < -0.4 is 9.47 Å². The Morgan fingerprint density at radius 3 is 2.04 bits per heavy atom. The molecule has 0 heterocycles. The van der Waals surface area contributed by atoms with E-state index in [1.165, 1.54) is 0 Å². The van der Waals surface area contributed by atoms with Crippen molar-refractivity contribution in [1.82, 2.24) is 0 Å². The lowest BCUT2D eigenvalue weighted by Crippen LogP contribution is -2.50. The number of nitrogens with zero attached hydrogens (tertiary/aromatic N) is 1. The Labute approximate surface area is 152 Å². The summed E-state index contributed by atoms with van der Waals surface area (Å²) in [5, 5.41) is 8.74. The van der Waals surface area contributed by atoms with E-state index in [9.17, 15) is 0 Å². The van der Waals surface area contributed by atoms with Crippen LogP contribution in [0.4, 0.5) is 0 Å². The van der Waals surface area contributed by atoms with Gasteiger partial charge in [0.15, 0.2) is 11.5 Å². The Balaban J connectivity index is 3.04. The zero-order valence-corrected chi connectivity index (χ0v) is 16.8. The molecule has 1 unspecified atom stereocenters. The second kappa shape index (κ2) is 11.1. The summed E-state index contributed by atoms with van der Waals surface area (Å²) in [4.78, 5) is 0. The van der Waals surface area contributed by atoms with Crippen molar-refractivity contribution in [3.63, 3.8) is 0 Å². The van der Waals surface area contributed by atoms with Gasteiger partial charge < -0.3 is 22.8 Å². The van der Waals surface area contributed by atoms with Gasteiger partial charge in [0.2, 0.25) is 0 Å². The molecule has 0 aliphatic heterocycles. The second-order valence-corrected chi connectivity index (χ2v) is 8.47. The van der Waals surface area contributed by atoms with Gasteiger partial charge in [0.05, 0.1) is 6.61 Å². The van der Waals surface area contributed by atoms with Crippen LogP contribution in [0.5, 0.6) is 11.5 Å². The van der Waals surface area contributed by atoms with Crippen LogP contribution in [0.2, 0.25) is 5.54 Å². The van der Waals surface area contributed by atoms with Crippen molar-refractivity contribution in [2.45, 2.75) is 46.6 Å². The first-order valence-corrected chi connectivity index (χ1v) is 10.6. The Bertz CT molecular complexity index is 544. The van der Waals surface area contributed by atoms with Crippen molar-refractivity contribution < 1.29 is 22.8 Å². The highest BCUT2D eigenvalue weighted by atomic mass is 28.4. The molecule has 0 fully saturated rings. The van der Waals surface area contributed by atoms with Gasteiger partial charge >= 0.3 is 8.80 Å². The summed E-state index contributed by atoms with van der Waals surface area (Å²) in [6, 6.07) is 5.58. The van der Waals surface area contributed by atoms with Crippen molar-refractivity contribution in [2.75, 3.05) is 26.4 Å². The fraction of sp³-hybridized carbons (Fsp3) is 0.611. The number of nitriles is 1. The van der Waals surface area contributed by atoms with Gasteiger partial charge in [-0.05, 0) is 51.8 Å². The van der Waals surface area contributed by atoms with E-state index in [1.807, 2.05) is 39.8 Å². The van der Waals surface area contributed by atoms with E-state index in [-0.39, 0.29) is 5.54 Å². The van der Waals surface area contributed by atoms with E-state index in [0.29, 0.717) is 37.9 Å². The average molecular weight is 368 g/mol. The van der Waals surface area contributed by atoms with Crippen LogP contribution in [0.3, 0.4) is 0 Å². The number of ether oxygens (including phenoxy) is 2. The zero-order chi connectivity index (χ0) is 18.7. The number of rotatable bonds is 12. The van der Waals surface area contributed by atoms with Crippen molar-refractivity contribution in [2.24, 2.45) is 0 Å². The van der Waals surface area contributed by atoms with E-state index >= 15 is 0 Å². The Hall–Kier alpha value is -1.59. The number of hydrogen-bond acceptors (Lipinski definition) is 6. The molecule has 1 aromatic rings. The van der Waals surface area contributed by atoms with Crippen LogP contribution in [0.1, 0.15) is 40.2 Å². The summed E-state index contributed by atoms with van der Waals surface area (Å²) in [7, 11) is -2.77. The molecule has 25 heavy (non-hydrogen) atoms. The lowest BCUT2D eigenvalue weighted by Gasteiger charge is -2.33. The average Bonchev–Trinajstić information content (AvgIpc) is 2.58. The highest BCUT2D eigenvalue weighted by molar-refractivity contribution is 6.62. The molecule has 1 rings (SSSR count). The fourth-order valence-electron chi connectivity index (χ4n) is 2.72. The lowest BCUT2D eigenvalue weighted by atomic mass is 10.1. The summed E-state index contributed by atoms with van der Waals surface area (Å²) >= 11 is 0. The van der Waals surface area contributed by atoms with Gasteiger partial charge in [-0.25, -0.2) is 0 Å². The van der Waals surface area contributed by atoms with Crippen molar-refractivity contribution in [3.05, 3.63) is 23.8 Å². The van der Waals surface area contributed by atoms with Gasteiger partial charge in [0.1, 0.15) is 0 Å². The van der Waals surface area contributed by atoms with E-state index in [1.54, 1.807) is 12.3 Å². The first-order valence-electron chi connectivity index (χ1n) is 8.80. The summed E-state index contributed by atoms with van der Waals surface area (Å²) in [6.45, 7) is 12.0. The molecule has 0 spiro atoms. The smallest absolute Gasteiger partial charge is 0.490 e. The maximum absolute atomic E-state index is 8.74. The molecule has 6 nitrogen and oxygen atoms in total. The summed E-state index contributed by atoms with van der Waals surface area (Å²) in [6.07, 6.45) is 2.41. The largest absolute Gasteiger partial charge is 0.504 e. The predicted molar refractivity (Wildman–Crippen MR) is 97.6 cm³/mol. The molecule has 0 bridgehead atoms. The third-order valence-corrected chi connectivity index (χ3v) is 7.13. The van der Waals surface area contributed by atoms with Gasteiger partial charge in [0.25, 0.3) is 6.26 Å². The van der Waals surface area contributed by atoms with Gasteiger partial charge in [-0.15, -0.1) is 5.26 Å². The predicted octanol–water partition coefficient (Wildman–Crippen LogP) is 3.93. The molecular formula is C18H29NO5Si. The summed E-state index contributed by atoms with van der Waals surface area (Å²) < 4.78 is 28.5. The highest BCUT2D eigenvalue weighted by Crippen LogP contribution is 2.33.